The molecule has 0 aliphatic heterocycles. The van der Waals surface area contributed by atoms with E-state index >= 15 is 4.57 Å². The number of phosphoric ester groups is 1. The second-order valence-corrected chi connectivity index (χ2v) is 16.3. The number of methoxy groups -OCH3 is 3. The predicted octanol–water partition coefficient (Wildman–Crippen LogP) is 9.23. The number of rotatable bonds is 24. The van der Waals surface area contributed by atoms with Crippen molar-refractivity contribution in [1.82, 2.24) is 0 Å². The third-order valence-electron chi connectivity index (χ3n) is 10.3. The summed E-state index contributed by atoms with van der Waals surface area (Å²) >= 11 is 0. The summed E-state index contributed by atoms with van der Waals surface area (Å²) in [7, 11) is 0.505. The minimum absolute atomic E-state index is 0.147. The van der Waals surface area contributed by atoms with Gasteiger partial charge in [0.1, 0.15) is 17.2 Å². The Labute approximate surface area is 319 Å². The van der Waals surface area contributed by atoms with Gasteiger partial charge in [0.05, 0.1) is 57.8 Å². The molecule has 3 unspecified atom stereocenters. The van der Waals surface area contributed by atoms with E-state index in [1.54, 1.807) is 21.3 Å². The largest absolute Gasteiger partial charge is 0.496 e. The van der Waals surface area contributed by atoms with Crippen LogP contribution in [0.25, 0.3) is 0 Å². The number of nitrogens with two attached hydrogens (primary N) is 3. The molecule has 6 N–H and O–H groups in total. The van der Waals surface area contributed by atoms with E-state index in [1.807, 2.05) is 75.4 Å². The Morgan fingerprint density at radius 3 is 1.00 bits per heavy atom. The van der Waals surface area contributed by atoms with Gasteiger partial charge in [0.15, 0.2) is 0 Å². The van der Waals surface area contributed by atoms with Crippen molar-refractivity contribution in [3.05, 3.63) is 88.0 Å². The van der Waals surface area contributed by atoms with Crippen molar-refractivity contribution >= 4 is 7.82 Å². The van der Waals surface area contributed by atoms with Crippen LogP contribution in [0, 0.1) is 20.8 Å². The molecule has 0 bridgehead atoms. The summed E-state index contributed by atoms with van der Waals surface area (Å²) in [5, 5.41) is 0. The van der Waals surface area contributed by atoms with Gasteiger partial charge in [0, 0.05) is 0 Å². The third kappa shape index (κ3) is 11.8. The average Bonchev–Trinajstić information content (AvgIpc) is 3.16. The SMILES string of the molecule is CCCCC(N)(COP(=O)(OCC(N)(CCCC)c1ccc(C)c(OC)c1)OCC(N)(CCCC)c1ccc(C)c(OC)c1)c1ccc(C)c(OC)c1. The summed E-state index contributed by atoms with van der Waals surface area (Å²) < 4.78 is 51.0. The maximum atomic E-state index is 15.1. The molecule has 0 saturated carbocycles. The lowest BCUT2D eigenvalue weighted by molar-refractivity contribution is 0.0583. The third-order valence-corrected chi connectivity index (χ3v) is 11.7. The summed E-state index contributed by atoms with van der Waals surface area (Å²) in [6.07, 6.45) is 6.88. The number of unbranched alkanes of at least 4 members (excludes halogenated alkanes) is 3. The number of hydrogen-bond acceptors (Lipinski definition) is 10. The number of benzene rings is 3. The van der Waals surface area contributed by atoms with Gasteiger partial charge in [-0.2, -0.15) is 0 Å². The van der Waals surface area contributed by atoms with Gasteiger partial charge in [-0.05, 0) is 91.6 Å². The Morgan fingerprint density at radius 1 is 0.509 bits per heavy atom. The fourth-order valence-electron chi connectivity index (χ4n) is 6.46. The molecule has 0 aliphatic rings. The monoisotopic (exact) mass is 755 g/mol. The highest BCUT2D eigenvalue weighted by Crippen LogP contribution is 2.53. The molecule has 10 nitrogen and oxygen atoms in total. The van der Waals surface area contributed by atoms with E-state index in [0.717, 1.165) is 71.9 Å². The molecule has 11 heteroatoms. The Balaban J connectivity index is 2.08. The van der Waals surface area contributed by atoms with E-state index < -0.39 is 24.4 Å². The molecule has 0 aliphatic carbocycles. The normalized spacial score (nSPS) is 16.2. The number of phosphoric acid groups is 1. The van der Waals surface area contributed by atoms with Crippen LogP contribution in [0.15, 0.2) is 54.6 Å². The zero-order valence-corrected chi connectivity index (χ0v) is 34.6. The highest BCUT2D eigenvalue weighted by atomic mass is 31.2. The molecule has 3 atom stereocenters. The van der Waals surface area contributed by atoms with E-state index in [9.17, 15) is 0 Å². The quantitative estimate of drug-likeness (QED) is 0.0755. The summed E-state index contributed by atoms with van der Waals surface area (Å²) in [5.41, 5.74) is 23.7. The average molecular weight is 756 g/mol. The van der Waals surface area contributed by atoms with E-state index in [0.29, 0.717) is 36.5 Å². The van der Waals surface area contributed by atoms with Crippen molar-refractivity contribution < 1.29 is 32.3 Å². The van der Waals surface area contributed by atoms with Crippen LogP contribution in [-0.2, 0) is 34.8 Å². The maximum Gasteiger partial charge on any atom is 0.475 e. The molecule has 0 spiro atoms. The zero-order chi connectivity index (χ0) is 39.3. The van der Waals surface area contributed by atoms with Crippen LogP contribution in [0.1, 0.15) is 112 Å². The zero-order valence-electron chi connectivity index (χ0n) is 33.7. The Bertz CT molecular complexity index is 1470. The molecule has 0 aromatic heterocycles. The Kier molecular flexibility index (Phi) is 16.9. The second-order valence-electron chi connectivity index (χ2n) is 14.6. The first-order chi connectivity index (χ1) is 25.1. The first-order valence-corrected chi connectivity index (χ1v) is 20.5. The smallest absolute Gasteiger partial charge is 0.475 e. The van der Waals surface area contributed by atoms with Crippen LogP contribution in [0.4, 0.5) is 0 Å². The van der Waals surface area contributed by atoms with Crippen LogP contribution >= 0.6 is 7.82 Å². The fourth-order valence-corrected chi connectivity index (χ4v) is 7.85. The van der Waals surface area contributed by atoms with Crippen LogP contribution in [0.5, 0.6) is 17.2 Å². The van der Waals surface area contributed by atoms with Gasteiger partial charge >= 0.3 is 7.82 Å². The lowest BCUT2D eigenvalue weighted by Gasteiger charge is -2.36. The van der Waals surface area contributed by atoms with Gasteiger partial charge in [-0.1, -0.05) is 95.7 Å². The lowest BCUT2D eigenvalue weighted by atomic mass is 9.86. The molecule has 3 rings (SSSR count). The first kappa shape index (κ1) is 44.4. The van der Waals surface area contributed by atoms with Crippen molar-refractivity contribution in [3.8, 4) is 17.2 Å². The highest BCUT2D eigenvalue weighted by Gasteiger charge is 2.40. The summed E-state index contributed by atoms with van der Waals surface area (Å²) in [4.78, 5) is 0. The number of ether oxygens (including phenoxy) is 3. The van der Waals surface area contributed by atoms with E-state index in [1.165, 1.54) is 0 Å². The predicted molar refractivity (Wildman–Crippen MR) is 215 cm³/mol. The highest BCUT2D eigenvalue weighted by molar-refractivity contribution is 7.48. The molecule has 3 aromatic carbocycles. The minimum Gasteiger partial charge on any atom is -0.496 e. The minimum atomic E-state index is -4.39. The van der Waals surface area contributed by atoms with Crippen LogP contribution in [-0.4, -0.2) is 41.2 Å². The molecule has 0 fully saturated rings. The molecule has 3 aromatic rings. The topological polar surface area (TPSA) is 151 Å². The molecule has 0 radical (unpaired) electrons. The van der Waals surface area contributed by atoms with Crippen molar-refractivity contribution in [1.29, 1.82) is 0 Å². The first-order valence-electron chi connectivity index (χ1n) is 19.0. The van der Waals surface area contributed by atoms with Crippen molar-refractivity contribution in [3.63, 3.8) is 0 Å². The van der Waals surface area contributed by atoms with Gasteiger partial charge in [-0.25, -0.2) is 4.57 Å². The van der Waals surface area contributed by atoms with E-state index in [4.69, 9.17) is 45.0 Å². The molecular weight excluding hydrogens is 689 g/mol. The Hall–Kier alpha value is -2.95. The molecule has 296 valence electrons. The molecule has 0 amide bonds. The van der Waals surface area contributed by atoms with Crippen molar-refractivity contribution in [2.45, 2.75) is 116 Å². The van der Waals surface area contributed by atoms with Crippen molar-refractivity contribution in [2.75, 3.05) is 41.2 Å². The Morgan fingerprint density at radius 2 is 0.774 bits per heavy atom. The fraction of sp³-hybridized carbons (Fsp3) is 0.571. The van der Waals surface area contributed by atoms with Crippen LogP contribution < -0.4 is 31.4 Å². The second kappa shape index (κ2) is 20.1. The molecular formula is C42H66N3O7P. The maximum absolute atomic E-state index is 15.1. The van der Waals surface area contributed by atoms with Gasteiger partial charge < -0.3 is 31.4 Å². The standard InChI is InChI=1S/C42H66N3O7P/c1-10-13-22-40(43,34-19-16-31(4)37(25-34)47-7)28-50-53(46,51-29-41(44,23-14-11-2)35-20-17-32(5)38(26-35)48-8)52-30-42(45,24-15-12-3)36-21-18-33(6)39(27-36)49-9/h16-21,25-27H,10-15,22-24,28-30,43-45H2,1-9H3. The van der Waals surface area contributed by atoms with Gasteiger partial charge in [-0.15, -0.1) is 0 Å². The molecule has 0 heterocycles. The van der Waals surface area contributed by atoms with Crippen LogP contribution in [0.3, 0.4) is 0 Å². The van der Waals surface area contributed by atoms with Crippen LogP contribution in [0.2, 0.25) is 0 Å². The number of aryl methyl sites for hydroxylation is 3. The van der Waals surface area contributed by atoms with E-state index in [-0.39, 0.29) is 19.8 Å². The summed E-state index contributed by atoms with van der Waals surface area (Å²) in [6, 6.07) is 17.5. The van der Waals surface area contributed by atoms with E-state index in [2.05, 4.69) is 20.8 Å². The van der Waals surface area contributed by atoms with Gasteiger partial charge in [0.2, 0.25) is 0 Å². The number of hydrogen-bond donors (Lipinski definition) is 3. The lowest BCUT2D eigenvalue weighted by Crippen LogP contribution is -2.44. The molecule has 0 saturated heterocycles. The summed E-state index contributed by atoms with van der Waals surface area (Å²) in [6.45, 7) is 11.8. The molecule has 53 heavy (non-hydrogen) atoms. The van der Waals surface area contributed by atoms with Gasteiger partial charge in [-0.3, -0.25) is 13.6 Å². The summed E-state index contributed by atoms with van der Waals surface area (Å²) in [5.74, 6) is 2.12. The van der Waals surface area contributed by atoms with Gasteiger partial charge in [0.25, 0.3) is 0 Å². The van der Waals surface area contributed by atoms with Crippen molar-refractivity contribution in [2.24, 2.45) is 17.2 Å².